The molecule has 8 heteroatoms. The molecule has 0 bridgehead atoms. The van der Waals surface area contributed by atoms with Gasteiger partial charge in [-0.05, 0) is 26.0 Å². The Morgan fingerprint density at radius 2 is 2.00 bits per heavy atom. The second kappa shape index (κ2) is 6.88. The fourth-order valence-electron chi connectivity index (χ4n) is 1.86. The van der Waals surface area contributed by atoms with Crippen LogP contribution in [0.15, 0.2) is 18.2 Å². The van der Waals surface area contributed by atoms with Crippen molar-refractivity contribution in [1.29, 1.82) is 0 Å². The Labute approximate surface area is 128 Å². The van der Waals surface area contributed by atoms with Gasteiger partial charge < -0.3 is 15.4 Å². The number of nitro groups is 1. The van der Waals surface area contributed by atoms with Gasteiger partial charge in [0.15, 0.2) is 0 Å². The molecule has 0 unspecified atom stereocenters. The minimum absolute atomic E-state index is 0.0903. The van der Waals surface area contributed by atoms with E-state index in [2.05, 4.69) is 10.6 Å². The van der Waals surface area contributed by atoms with Crippen molar-refractivity contribution in [2.75, 3.05) is 18.9 Å². The number of nitro benzene ring substituents is 1. The molecule has 1 amide bonds. The molecule has 1 aromatic carbocycles. The standard InChI is InChI=1S/C14H19N3O5/c1-9(18)22-14(2,3)8-16-13(19)10-5-6-11(15-4)12(7-10)17(20)21/h5-7,15H,8H2,1-4H3,(H,16,19). The van der Waals surface area contributed by atoms with Gasteiger partial charge in [0.1, 0.15) is 11.3 Å². The summed E-state index contributed by atoms with van der Waals surface area (Å²) in [5, 5.41) is 16.2. The number of benzene rings is 1. The molecular weight excluding hydrogens is 290 g/mol. The molecular formula is C14H19N3O5. The maximum absolute atomic E-state index is 12.1. The summed E-state index contributed by atoms with van der Waals surface area (Å²) < 4.78 is 5.05. The summed E-state index contributed by atoms with van der Waals surface area (Å²) in [6.45, 7) is 4.68. The highest BCUT2D eigenvalue weighted by Gasteiger charge is 2.23. The second-order valence-electron chi connectivity index (χ2n) is 5.28. The number of carbonyl (C=O) groups is 2. The maximum Gasteiger partial charge on any atom is 0.303 e. The number of hydrogen-bond donors (Lipinski definition) is 2. The fraction of sp³-hybridized carbons (Fsp3) is 0.429. The molecule has 8 nitrogen and oxygen atoms in total. The van der Waals surface area contributed by atoms with Gasteiger partial charge in [-0.15, -0.1) is 0 Å². The van der Waals surface area contributed by atoms with Crippen LogP contribution in [0.5, 0.6) is 0 Å². The fourth-order valence-corrected chi connectivity index (χ4v) is 1.86. The summed E-state index contributed by atoms with van der Waals surface area (Å²) in [4.78, 5) is 33.4. The molecule has 22 heavy (non-hydrogen) atoms. The van der Waals surface area contributed by atoms with Crippen molar-refractivity contribution in [2.45, 2.75) is 26.4 Å². The first-order valence-corrected chi connectivity index (χ1v) is 6.60. The SMILES string of the molecule is CNc1ccc(C(=O)NCC(C)(C)OC(C)=O)cc1[N+](=O)[O-]. The normalized spacial score (nSPS) is 10.7. The molecule has 0 fully saturated rings. The average molecular weight is 309 g/mol. The number of nitrogens with zero attached hydrogens (tertiary/aromatic N) is 1. The van der Waals surface area contributed by atoms with Crippen LogP contribution in [0.4, 0.5) is 11.4 Å². The van der Waals surface area contributed by atoms with E-state index in [1.807, 2.05) is 0 Å². The van der Waals surface area contributed by atoms with Crippen molar-refractivity contribution in [3.63, 3.8) is 0 Å². The van der Waals surface area contributed by atoms with Crippen LogP contribution in [0.3, 0.4) is 0 Å². The lowest BCUT2D eigenvalue weighted by molar-refractivity contribution is -0.384. The van der Waals surface area contributed by atoms with E-state index in [4.69, 9.17) is 4.74 Å². The molecule has 0 heterocycles. The Morgan fingerprint density at radius 3 is 2.50 bits per heavy atom. The third-order valence-corrected chi connectivity index (χ3v) is 2.82. The van der Waals surface area contributed by atoms with E-state index in [0.29, 0.717) is 5.69 Å². The van der Waals surface area contributed by atoms with E-state index in [1.165, 1.54) is 25.1 Å². The highest BCUT2D eigenvalue weighted by molar-refractivity contribution is 5.95. The van der Waals surface area contributed by atoms with E-state index < -0.39 is 22.4 Å². The second-order valence-corrected chi connectivity index (χ2v) is 5.28. The Kier molecular flexibility index (Phi) is 5.44. The van der Waals surface area contributed by atoms with Crippen LogP contribution in [0, 0.1) is 10.1 Å². The van der Waals surface area contributed by atoms with Gasteiger partial charge in [-0.3, -0.25) is 19.7 Å². The van der Waals surface area contributed by atoms with Crippen molar-refractivity contribution in [3.8, 4) is 0 Å². The lowest BCUT2D eigenvalue weighted by Gasteiger charge is -2.24. The van der Waals surface area contributed by atoms with E-state index in [-0.39, 0.29) is 17.8 Å². The molecule has 0 saturated carbocycles. The maximum atomic E-state index is 12.1. The third-order valence-electron chi connectivity index (χ3n) is 2.82. The minimum atomic E-state index is -0.863. The summed E-state index contributed by atoms with van der Waals surface area (Å²) in [7, 11) is 1.56. The largest absolute Gasteiger partial charge is 0.458 e. The predicted molar refractivity (Wildman–Crippen MR) is 80.8 cm³/mol. The van der Waals surface area contributed by atoms with Crippen molar-refractivity contribution >= 4 is 23.3 Å². The molecule has 0 aromatic heterocycles. The summed E-state index contributed by atoms with van der Waals surface area (Å²) in [6.07, 6.45) is 0. The van der Waals surface area contributed by atoms with Crippen LogP contribution in [0.2, 0.25) is 0 Å². The van der Waals surface area contributed by atoms with Crippen molar-refractivity contribution < 1.29 is 19.2 Å². The summed E-state index contributed by atoms with van der Waals surface area (Å²) in [5.74, 6) is -0.931. The van der Waals surface area contributed by atoms with Crippen LogP contribution < -0.4 is 10.6 Å². The van der Waals surface area contributed by atoms with Gasteiger partial charge in [-0.25, -0.2) is 0 Å². The molecule has 0 aliphatic carbocycles. The topological polar surface area (TPSA) is 111 Å². The van der Waals surface area contributed by atoms with Crippen LogP contribution in [0.1, 0.15) is 31.1 Å². The number of ether oxygens (including phenoxy) is 1. The van der Waals surface area contributed by atoms with Gasteiger partial charge in [-0.1, -0.05) is 0 Å². The highest BCUT2D eigenvalue weighted by atomic mass is 16.6. The minimum Gasteiger partial charge on any atom is -0.458 e. The lowest BCUT2D eigenvalue weighted by atomic mass is 10.1. The first-order chi connectivity index (χ1) is 10.2. The van der Waals surface area contributed by atoms with Gasteiger partial charge in [-0.2, -0.15) is 0 Å². The number of rotatable bonds is 6. The molecule has 2 N–H and O–H groups in total. The first kappa shape index (κ1) is 17.4. The van der Waals surface area contributed by atoms with Gasteiger partial charge in [0.2, 0.25) is 0 Å². The summed E-state index contributed by atoms with van der Waals surface area (Å²) in [5.41, 5.74) is -0.571. The van der Waals surface area contributed by atoms with Crippen molar-refractivity contribution in [2.24, 2.45) is 0 Å². The summed E-state index contributed by atoms with van der Waals surface area (Å²) >= 11 is 0. The zero-order valence-electron chi connectivity index (χ0n) is 12.9. The van der Waals surface area contributed by atoms with E-state index in [1.54, 1.807) is 20.9 Å². The number of hydrogen-bond acceptors (Lipinski definition) is 6. The van der Waals surface area contributed by atoms with Gasteiger partial charge in [0.25, 0.3) is 11.6 Å². The van der Waals surface area contributed by atoms with E-state index in [9.17, 15) is 19.7 Å². The van der Waals surface area contributed by atoms with Crippen LogP contribution in [0.25, 0.3) is 0 Å². The Hall–Kier alpha value is -2.64. The van der Waals surface area contributed by atoms with Crippen LogP contribution in [-0.4, -0.2) is 36.0 Å². The summed E-state index contributed by atoms with van der Waals surface area (Å²) in [6, 6.07) is 4.14. The number of anilines is 1. The Balaban J connectivity index is 2.84. The van der Waals surface area contributed by atoms with Crippen molar-refractivity contribution in [1.82, 2.24) is 5.32 Å². The number of amides is 1. The monoisotopic (exact) mass is 309 g/mol. The van der Waals surface area contributed by atoms with Crippen molar-refractivity contribution in [3.05, 3.63) is 33.9 Å². The quantitative estimate of drug-likeness (QED) is 0.470. The molecule has 0 spiro atoms. The molecule has 0 atom stereocenters. The zero-order chi connectivity index (χ0) is 16.9. The number of carbonyl (C=O) groups excluding carboxylic acids is 2. The number of nitrogens with one attached hydrogen (secondary N) is 2. The Bertz CT molecular complexity index is 598. The molecule has 120 valence electrons. The van der Waals surface area contributed by atoms with Gasteiger partial charge in [0, 0.05) is 25.6 Å². The first-order valence-electron chi connectivity index (χ1n) is 6.60. The van der Waals surface area contributed by atoms with Crippen LogP contribution >= 0.6 is 0 Å². The predicted octanol–water partition coefficient (Wildman–Crippen LogP) is 1.71. The molecule has 1 aromatic rings. The van der Waals surface area contributed by atoms with E-state index in [0.717, 1.165) is 0 Å². The van der Waals surface area contributed by atoms with Gasteiger partial charge in [0.05, 0.1) is 11.5 Å². The molecule has 1 rings (SSSR count). The molecule has 0 aliphatic rings. The molecule has 0 saturated heterocycles. The smallest absolute Gasteiger partial charge is 0.303 e. The average Bonchev–Trinajstić information content (AvgIpc) is 2.42. The lowest BCUT2D eigenvalue weighted by Crippen LogP contribution is -2.41. The highest BCUT2D eigenvalue weighted by Crippen LogP contribution is 2.25. The van der Waals surface area contributed by atoms with Gasteiger partial charge >= 0.3 is 5.97 Å². The number of esters is 1. The third kappa shape index (κ3) is 4.72. The zero-order valence-corrected chi connectivity index (χ0v) is 12.9. The van der Waals surface area contributed by atoms with E-state index >= 15 is 0 Å². The molecule has 0 radical (unpaired) electrons. The molecule has 0 aliphatic heterocycles. The Morgan fingerprint density at radius 1 is 1.36 bits per heavy atom. The van der Waals surface area contributed by atoms with Crippen LogP contribution in [-0.2, 0) is 9.53 Å².